The van der Waals surface area contributed by atoms with Crippen LogP contribution in [-0.4, -0.2) is 4.98 Å². The Hall–Kier alpha value is 0.110. The van der Waals surface area contributed by atoms with Crippen LogP contribution in [0.1, 0.15) is 2.74 Å². The Morgan fingerprint density at radius 1 is 2.17 bits per heavy atom. The molecule has 0 aliphatic heterocycles. The summed E-state index contributed by atoms with van der Waals surface area (Å²) in [7, 11) is 0. The molecule has 0 unspecified atom stereocenters. The van der Waals surface area contributed by atoms with Crippen LogP contribution in [0.4, 0.5) is 0 Å². The minimum atomic E-state index is 0.182. The van der Waals surface area contributed by atoms with Crippen LogP contribution in [0.5, 0.6) is 0 Å². The summed E-state index contributed by atoms with van der Waals surface area (Å²) in [5.41, 5.74) is 0.182. The molecule has 1 heterocycles. The predicted molar refractivity (Wildman–Crippen MR) is 29.8 cm³/mol. The van der Waals surface area contributed by atoms with Gasteiger partial charge >= 0.3 is 0 Å². The largest absolute Gasteiger partial charge is 0.238 e. The fourth-order valence-electron chi connectivity index (χ4n) is 0.151. The highest BCUT2D eigenvalue weighted by atomic mass is 79.9. The molecule has 0 N–H and O–H groups in total. The van der Waals surface area contributed by atoms with Gasteiger partial charge in [0.2, 0.25) is 0 Å². The van der Waals surface area contributed by atoms with Crippen molar-refractivity contribution < 1.29 is 2.74 Å². The molecular weight excluding hydrogens is 162 g/mol. The summed E-state index contributed by atoms with van der Waals surface area (Å²) < 4.78 is 14.4. The van der Waals surface area contributed by atoms with Gasteiger partial charge in [0.25, 0.3) is 0 Å². The summed E-state index contributed by atoms with van der Waals surface area (Å²) in [6.07, 6.45) is 0. The first-order valence-electron chi connectivity index (χ1n) is 2.29. The van der Waals surface area contributed by atoms with Crippen molar-refractivity contribution >= 4 is 27.3 Å². The van der Waals surface area contributed by atoms with Gasteiger partial charge in [-0.3, -0.25) is 0 Å². The van der Waals surface area contributed by atoms with Crippen molar-refractivity contribution in [1.29, 1.82) is 0 Å². The van der Waals surface area contributed by atoms with Crippen molar-refractivity contribution in [1.82, 2.24) is 4.98 Å². The van der Waals surface area contributed by atoms with E-state index in [4.69, 9.17) is 2.74 Å². The quantitative estimate of drug-likeness (QED) is 0.573. The highest BCUT2D eigenvalue weighted by Gasteiger charge is 1.78. The molecule has 0 saturated carbocycles. The number of nitrogens with zero attached hydrogens (tertiary/aromatic N) is 1. The van der Waals surface area contributed by atoms with Crippen molar-refractivity contribution in [3.05, 3.63) is 15.4 Å². The second-order valence-electron chi connectivity index (χ2n) is 0.698. The average Bonchev–Trinajstić information content (AvgIpc) is 1.85. The van der Waals surface area contributed by atoms with Crippen LogP contribution in [-0.2, 0) is 0 Å². The second-order valence-corrected chi connectivity index (χ2v) is 2.04. The fraction of sp³-hybridized carbons (Fsp3) is 0. The first-order valence-corrected chi connectivity index (χ1v) is 2.90. The van der Waals surface area contributed by atoms with Crippen LogP contribution in [0.25, 0.3) is 0 Å². The smallest absolute Gasteiger partial charge is 0.116 e. The Bertz CT molecular complexity index is 180. The maximum Gasteiger partial charge on any atom is 0.116 e. The van der Waals surface area contributed by atoms with E-state index in [1.807, 2.05) is 0 Å². The van der Waals surface area contributed by atoms with Crippen molar-refractivity contribution in [3.63, 3.8) is 0 Å². The summed E-state index contributed by atoms with van der Waals surface area (Å²) in [6.45, 7) is 0. The minimum absolute atomic E-state index is 0.182. The van der Waals surface area contributed by atoms with E-state index in [1.54, 1.807) is 0 Å². The van der Waals surface area contributed by atoms with Crippen LogP contribution < -0.4 is 0 Å². The topological polar surface area (TPSA) is 12.9 Å². The van der Waals surface area contributed by atoms with Crippen LogP contribution >= 0.6 is 27.3 Å². The van der Waals surface area contributed by atoms with E-state index < -0.39 is 0 Å². The Morgan fingerprint density at radius 3 is 3.17 bits per heavy atom. The van der Waals surface area contributed by atoms with Crippen molar-refractivity contribution in [2.24, 2.45) is 0 Å². The first kappa shape index (κ1) is 2.43. The molecule has 0 aliphatic carbocycles. The molecule has 1 aromatic rings. The van der Waals surface area contributed by atoms with E-state index in [9.17, 15) is 0 Å². The molecule has 3 heteroatoms. The van der Waals surface area contributed by atoms with Gasteiger partial charge in [0.05, 0.1) is 8.23 Å². The van der Waals surface area contributed by atoms with Crippen molar-refractivity contribution in [3.8, 4) is 0 Å². The molecule has 32 valence electrons. The Labute approximate surface area is 51.0 Å². The van der Waals surface area contributed by atoms with Gasteiger partial charge in [-0.05, 0) is 15.9 Å². The average molecular weight is 166 g/mol. The molecule has 0 atom stereocenters. The highest BCUT2D eigenvalue weighted by Crippen LogP contribution is 2.06. The molecule has 6 heavy (non-hydrogen) atoms. The molecule has 0 aromatic carbocycles. The second kappa shape index (κ2) is 1.71. The van der Waals surface area contributed by atoms with E-state index in [2.05, 4.69) is 20.9 Å². The zero-order chi connectivity index (χ0) is 6.15. The predicted octanol–water partition coefficient (Wildman–Crippen LogP) is 1.91. The summed E-state index contributed by atoms with van der Waals surface area (Å²) in [5.74, 6) is 0. The van der Waals surface area contributed by atoms with Gasteiger partial charge in [-0.2, -0.15) is 0 Å². The van der Waals surface area contributed by atoms with E-state index in [1.165, 1.54) is 0 Å². The van der Waals surface area contributed by atoms with Crippen LogP contribution in [0.2, 0.25) is 0 Å². The van der Waals surface area contributed by atoms with E-state index in [0.29, 0.717) is 9.96 Å². The minimum Gasteiger partial charge on any atom is -0.238 e. The third-order valence-corrected chi connectivity index (χ3v) is 1.44. The van der Waals surface area contributed by atoms with Gasteiger partial charge < -0.3 is 0 Å². The van der Waals surface area contributed by atoms with Crippen LogP contribution in [0.3, 0.4) is 0 Å². The molecule has 0 fully saturated rings. The number of hydrogen-bond acceptors (Lipinski definition) is 2. The third-order valence-electron chi connectivity index (χ3n) is 0.325. The monoisotopic (exact) mass is 165 g/mol. The van der Waals surface area contributed by atoms with Crippen LogP contribution in [0.15, 0.2) is 15.4 Å². The summed E-state index contributed by atoms with van der Waals surface area (Å²) in [4.78, 5) is 3.62. The SMILES string of the molecule is [2H]c1nc(Br)c([2H])s1. The summed E-state index contributed by atoms with van der Waals surface area (Å²) in [5, 5.41) is 0.315. The lowest BCUT2D eigenvalue weighted by molar-refractivity contribution is 1.37. The van der Waals surface area contributed by atoms with Crippen molar-refractivity contribution in [2.75, 3.05) is 0 Å². The van der Waals surface area contributed by atoms with Gasteiger partial charge in [-0.15, -0.1) is 11.3 Å². The molecule has 0 saturated heterocycles. The van der Waals surface area contributed by atoms with Gasteiger partial charge in [0.15, 0.2) is 0 Å². The van der Waals surface area contributed by atoms with Gasteiger partial charge in [0.1, 0.15) is 4.60 Å². The fourth-order valence-corrected chi connectivity index (χ4v) is 0.912. The summed E-state index contributed by atoms with van der Waals surface area (Å²) >= 11 is 4.05. The van der Waals surface area contributed by atoms with E-state index in [-0.39, 0.29) is 5.49 Å². The number of rotatable bonds is 0. The molecule has 0 amide bonds. The van der Waals surface area contributed by atoms with E-state index >= 15 is 0 Å². The lowest BCUT2D eigenvalue weighted by Crippen LogP contribution is -1.50. The van der Waals surface area contributed by atoms with Gasteiger partial charge in [-0.1, -0.05) is 0 Å². The molecule has 1 rings (SSSR count). The van der Waals surface area contributed by atoms with Crippen molar-refractivity contribution in [2.45, 2.75) is 0 Å². The molecule has 0 bridgehead atoms. The zero-order valence-electron chi connectivity index (χ0n) is 4.73. The van der Waals surface area contributed by atoms with Gasteiger partial charge in [0, 0.05) is 5.36 Å². The molecule has 1 nitrogen and oxygen atoms in total. The number of aromatic nitrogens is 1. The summed E-state index contributed by atoms with van der Waals surface area (Å²) in [6, 6.07) is 0. The number of thiazole rings is 1. The zero-order valence-corrected chi connectivity index (χ0v) is 5.14. The maximum atomic E-state index is 7.03. The lowest BCUT2D eigenvalue weighted by Gasteiger charge is -1.61. The molecule has 0 spiro atoms. The Balaban J connectivity index is 3.14. The molecular formula is C3H2BrNS. The van der Waals surface area contributed by atoms with Gasteiger partial charge in [-0.25, -0.2) is 4.98 Å². The Kier molecular flexibility index (Phi) is 0.690. The third kappa shape index (κ3) is 0.786. The maximum absolute atomic E-state index is 7.03. The molecule has 0 radical (unpaired) electrons. The number of hydrogen-bond donors (Lipinski definition) is 0. The highest BCUT2D eigenvalue weighted by molar-refractivity contribution is 9.10. The molecule has 0 aliphatic rings. The number of halogens is 1. The molecule has 1 aromatic heterocycles. The Morgan fingerprint density at radius 2 is 3.00 bits per heavy atom. The standard InChI is InChI=1S/C3H2BrNS/c4-3-1-6-2-5-3/h1-2H/i1D,2D. The van der Waals surface area contributed by atoms with E-state index in [0.717, 1.165) is 11.3 Å². The normalized spacial score (nSPS) is 13.5. The first-order chi connectivity index (χ1) is 3.70. The lowest BCUT2D eigenvalue weighted by atomic mass is 11.0. The van der Waals surface area contributed by atoms with Crippen LogP contribution in [0, 0.1) is 0 Å².